The highest BCUT2D eigenvalue weighted by Crippen LogP contribution is 2.29. The van der Waals surface area contributed by atoms with Gasteiger partial charge in [0.15, 0.2) is 0 Å². The molecule has 0 radical (unpaired) electrons. The van der Waals surface area contributed by atoms with Crippen LogP contribution in [0.25, 0.3) is 0 Å². The number of nitrogens with two attached hydrogens (primary N) is 1. The minimum Gasteiger partial charge on any atom is -0.381 e. The molecule has 3 heteroatoms. The molecule has 19 heavy (non-hydrogen) atoms. The van der Waals surface area contributed by atoms with Crippen LogP contribution in [0.3, 0.4) is 0 Å². The minimum atomic E-state index is 0.357. The Labute approximate surface area is 116 Å². The molecular weight excluding hydrogens is 236 g/mol. The van der Waals surface area contributed by atoms with Crippen molar-refractivity contribution in [3.63, 3.8) is 0 Å². The zero-order valence-corrected chi connectivity index (χ0v) is 11.8. The molecule has 1 aromatic carbocycles. The number of benzene rings is 1. The predicted octanol–water partition coefficient (Wildman–Crippen LogP) is 2.83. The van der Waals surface area contributed by atoms with Crippen LogP contribution in [-0.4, -0.2) is 19.3 Å². The van der Waals surface area contributed by atoms with Gasteiger partial charge >= 0.3 is 0 Å². The highest BCUT2D eigenvalue weighted by atomic mass is 16.5. The van der Waals surface area contributed by atoms with Gasteiger partial charge in [-0.15, -0.1) is 0 Å². The Hall–Kier alpha value is -0.900. The quantitative estimate of drug-likeness (QED) is 0.612. The highest BCUT2D eigenvalue weighted by molar-refractivity contribution is 5.21. The van der Waals surface area contributed by atoms with Gasteiger partial charge in [-0.05, 0) is 37.2 Å². The summed E-state index contributed by atoms with van der Waals surface area (Å²) in [7, 11) is 0. The summed E-state index contributed by atoms with van der Waals surface area (Å²) in [5, 5.41) is 0. The van der Waals surface area contributed by atoms with Crippen molar-refractivity contribution in [1.29, 1.82) is 0 Å². The Morgan fingerprint density at radius 3 is 2.53 bits per heavy atom. The molecule has 0 aromatic heterocycles. The minimum absolute atomic E-state index is 0.357. The Morgan fingerprint density at radius 2 is 1.95 bits per heavy atom. The third kappa shape index (κ3) is 4.03. The summed E-state index contributed by atoms with van der Waals surface area (Å²) in [5.74, 6) is 7.06. The second-order valence-electron chi connectivity index (χ2n) is 5.49. The number of hydrazine groups is 1. The highest BCUT2D eigenvalue weighted by Gasteiger charge is 2.25. The number of ether oxygens (including phenoxy) is 1. The molecule has 0 aliphatic carbocycles. The summed E-state index contributed by atoms with van der Waals surface area (Å²) in [6.45, 7) is 4.06. The van der Waals surface area contributed by atoms with Gasteiger partial charge in [-0.3, -0.25) is 11.3 Å². The van der Waals surface area contributed by atoms with E-state index in [4.69, 9.17) is 10.6 Å². The van der Waals surface area contributed by atoms with Gasteiger partial charge < -0.3 is 4.74 Å². The fraction of sp³-hybridized carbons (Fsp3) is 0.625. The number of nitrogens with one attached hydrogen (secondary N) is 1. The number of hydrogen-bond acceptors (Lipinski definition) is 3. The third-order valence-electron chi connectivity index (χ3n) is 4.30. The topological polar surface area (TPSA) is 47.3 Å². The molecule has 1 aromatic rings. The average Bonchev–Trinajstić information content (AvgIpc) is 2.49. The first kappa shape index (κ1) is 14.5. The van der Waals surface area contributed by atoms with Crippen molar-refractivity contribution in [3.8, 4) is 0 Å². The van der Waals surface area contributed by atoms with Gasteiger partial charge in [0.25, 0.3) is 0 Å². The summed E-state index contributed by atoms with van der Waals surface area (Å²) < 4.78 is 5.43. The van der Waals surface area contributed by atoms with Crippen molar-refractivity contribution in [1.82, 2.24) is 5.43 Å². The maximum Gasteiger partial charge on any atom is 0.0468 e. The molecule has 0 amide bonds. The van der Waals surface area contributed by atoms with Crippen molar-refractivity contribution in [2.45, 2.75) is 44.6 Å². The van der Waals surface area contributed by atoms with Crippen LogP contribution < -0.4 is 11.3 Å². The van der Waals surface area contributed by atoms with E-state index in [0.29, 0.717) is 12.0 Å². The van der Waals surface area contributed by atoms with Crippen LogP contribution in [0.2, 0.25) is 0 Å². The molecule has 0 bridgehead atoms. The maximum atomic E-state index is 5.82. The monoisotopic (exact) mass is 262 g/mol. The molecule has 1 fully saturated rings. The van der Waals surface area contributed by atoms with Crippen LogP contribution in [-0.2, 0) is 4.74 Å². The van der Waals surface area contributed by atoms with Crippen LogP contribution in [0.4, 0.5) is 0 Å². The second-order valence-corrected chi connectivity index (χ2v) is 5.49. The summed E-state index contributed by atoms with van der Waals surface area (Å²) in [6, 6.07) is 11.1. The Balaban J connectivity index is 2.01. The van der Waals surface area contributed by atoms with Crippen molar-refractivity contribution >= 4 is 0 Å². The first-order chi connectivity index (χ1) is 9.35. The molecule has 0 spiro atoms. The Morgan fingerprint density at radius 1 is 1.26 bits per heavy atom. The van der Waals surface area contributed by atoms with Gasteiger partial charge in [0, 0.05) is 25.2 Å². The van der Waals surface area contributed by atoms with Crippen LogP contribution >= 0.6 is 0 Å². The van der Waals surface area contributed by atoms with Gasteiger partial charge in [-0.2, -0.15) is 0 Å². The molecule has 1 aliphatic rings. The van der Waals surface area contributed by atoms with Gasteiger partial charge in [-0.25, -0.2) is 0 Å². The lowest BCUT2D eigenvalue weighted by atomic mass is 9.82. The van der Waals surface area contributed by atoms with E-state index >= 15 is 0 Å². The van der Waals surface area contributed by atoms with Crippen LogP contribution in [0, 0.1) is 5.92 Å². The van der Waals surface area contributed by atoms with Gasteiger partial charge in [0.1, 0.15) is 0 Å². The summed E-state index contributed by atoms with van der Waals surface area (Å²) in [4.78, 5) is 0. The molecule has 2 unspecified atom stereocenters. The molecule has 106 valence electrons. The van der Waals surface area contributed by atoms with Crippen LogP contribution in [0.5, 0.6) is 0 Å². The Bertz CT molecular complexity index is 349. The fourth-order valence-electron chi connectivity index (χ4n) is 3.14. The van der Waals surface area contributed by atoms with E-state index in [1.807, 2.05) is 0 Å². The van der Waals surface area contributed by atoms with Crippen molar-refractivity contribution in [3.05, 3.63) is 35.9 Å². The standard InChI is InChI=1S/C16H26N2O/c1-2-15(14-6-4-3-5-7-14)16(18-17)12-13-8-10-19-11-9-13/h3-7,13,15-16,18H,2,8-12,17H2,1H3. The maximum absolute atomic E-state index is 5.82. The van der Waals surface area contributed by atoms with E-state index in [0.717, 1.165) is 32.0 Å². The van der Waals surface area contributed by atoms with E-state index < -0.39 is 0 Å². The fourth-order valence-corrected chi connectivity index (χ4v) is 3.14. The lowest BCUT2D eigenvalue weighted by molar-refractivity contribution is 0.0593. The third-order valence-corrected chi connectivity index (χ3v) is 4.30. The van der Waals surface area contributed by atoms with Gasteiger partial charge in [0.05, 0.1) is 0 Å². The molecule has 1 saturated heterocycles. The van der Waals surface area contributed by atoms with E-state index in [2.05, 4.69) is 42.7 Å². The first-order valence-electron chi connectivity index (χ1n) is 7.44. The van der Waals surface area contributed by atoms with Crippen molar-refractivity contribution in [2.24, 2.45) is 11.8 Å². The molecule has 0 saturated carbocycles. The molecule has 2 rings (SSSR count). The lowest BCUT2D eigenvalue weighted by Gasteiger charge is -2.31. The normalized spacial score (nSPS) is 20.1. The smallest absolute Gasteiger partial charge is 0.0468 e. The molecule has 3 nitrogen and oxygen atoms in total. The van der Waals surface area contributed by atoms with Crippen molar-refractivity contribution < 1.29 is 4.74 Å². The largest absolute Gasteiger partial charge is 0.381 e. The molecule has 1 aliphatic heterocycles. The first-order valence-corrected chi connectivity index (χ1v) is 7.44. The predicted molar refractivity (Wildman–Crippen MR) is 78.7 cm³/mol. The summed E-state index contributed by atoms with van der Waals surface area (Å²) in [6.07, 6.45) is 4.60. The van der Waals surface area contributed by atoms with Crippen LogP contribution in [0.15, 0.2) is 30.3 Å². The van der Waals surface area contributed by atoms with Crippen molar-refractivity contribution in [2.75, 3.05) is 13.2 Å². The van der Waals surface area contributed by atoms with E-state index in [9.17, 15) is 0 Å². The molecule has 3 N–H and O–H groups in total. The molecular formula is C16H26N2O. The Kier molecular flexibility index (Phi) is 5.83. The zero-order chi connectivity index (χ0) is 13.5. The lowest BCUT2D eigenvalue weighted by Crippen LogP contribution is -2.41. The van der Waals surface area contributed by atoms with E-state index in [1.165, 1.54) is 18.4 Å². The van der Waals surface area contributed by atoms with Gasteiger partial charge in [0.2, 0.25) is 0 Å². The van der Waals surface area contributed by atoms with E-state index in [1.54, 1.807) is 0 Å². The molecule has 1 heterocycles. The number of hydrogen-bond donors (Lipinski definition) is 2. The average molecular weight is 262 g/mol. The second kappa shape index (κ2) is 7.63. The van der Waals surface area contributed by atoms with E-state index in [-0.39, 0.29) is 0 Å². The van der Waals surface area contributed by atoms with Gasteiger partial charge in [-0.1, -0.05) is 37.3 Å². The SMILES string of the molecule is CCC(c1ccccc1)C(CC1CCOCC1)NN. The number of rotatable bonds is 6. The molecule has 2 atom stereocenters. The zero-order valence-electron chi connectivity index (χ0n) is 11.8. The van der Waals surface area contributed by atoms with Crippen LogP contribution in [0.1, 0.15) is 44.1 Å². The summed E-state index contributed by atoms with van der Waals surface area (Å²) in [5.41, 5.74) is 4.45. The summed E-state index contributed by atoms with van der Waals surface area (Å²) >= 11 is 0.